The molecule has 0 aromatic heterocycles. The second kappa shape index (κ2) is 14.4. The van der Waals surface area contributed by atoms with E-state index in [1.54, 1.807) is 43.3 Å². The van der Waals surface area contributed by atoms with Crippen LogP contribution in [0.4, 0.5) is 10.1 Å². The molecule has 1 unspecified atom stereocenters. The van der Waals surface area contributed by atoms with Crippen LogP contribution in [0.3, 0.4) is 0 Å². The molecule has 0 fully saturated rings. The molecule has 0 spiro atoms. The summed E-state index contributed by atoms with van der Waals surface area (Å²) in [5.41, 5.74) is 0.378. The number of sulfonamides is 1. The lowest BCUT2D eigenvalue weighted by atomic mass is 10.1. The summed E-state index contributed by atoms with van der Waals surface area (Å²) in [6.45, 7) is 5.13. The lowest BCUT2D eigenvalue weighted by Crippen LogP contribution is -2.52. The number of anilines is 1. The Labute approximate surface area is 255 Å². The molecule has 0 saturated carbocycles. The number of rotatable bonds is 12. The van der Waals surface area contributed by atoms with Crippen LogP contribution in [0.2, 0.25) is 15.1 Å². The van der Waals surface area contributed by atoms with Crippen LogP contribution in [0.1, 0.15) is 32.8 Å². The highest BCUT2D eigenvalue weighted by molar-refractivity contribution is 7.92. The maximum Gasteiger partial charge on any atom is 0.264 e. The molecule has 41 heavy (non-hydrogen) atoms. The van der Waals surface area contributed by atoms with Crippen molar-refractivity contribution in [1.29, 1.82) is 0 Å². The number of nitrogens with one attached hydrogen (secondary N) is 1. The van der Waals surface area contributed by atoms with Gasteiger partial charge in [-0.1, -0.05) is 79.8 Å². The molecule has 0 radical (unpaired) electrons. The van der Waals surface area contributed by atoms with E-state index in [0.29, 0.717) is 12.1 Å². The molecular weight excluding hydrogens is 612 g/mol. The summed E-state index contributed by atoms with van der Waals surface area (Å²) < 4.78 is 42.5. The molecule has 0 aliphatic rings. The van der Waals surface area contributed by atoms with Crippen molar-refractivity contribution in [3.8, 4) is 0 Å². The van der Waals surface area contributed by atoms with Gasteiger partial charge in [0.25, 0.3) is 10.0 Å². The minimum absolute atomic E-state index is 0.0263. The molecule has 0 aliphatic carbocycles. The number of carbonyl (C=O) groups excluding carboxylic acids is 2. The van der Waals surface area contributed by atoms with Gasteiger partial charge in [0.2, 0.25) is 11.8 Å². The van der Waals surface area contributed by atoms with Crippen LogP contribution in [0.25, 0.3) is 0 Å². The molecule has 2 amide bonds. The average Bonchev–Trinajstić information content (AvgIpc) is 2.93. The lowest BCUT2D eigenvalue weighted by Gasteiger charge is -2.33. The number of hydrogen-bond acceptors (Lipinski definition) is 4. The Morgan fingerprint density at radius 3 is 2.12 bits per heavy atom. The Bertz CT molecular complexity index is 1470. The highest BCUT2D eigenvalue weighted by Gasteiger charge is 2.34. The maximum absolute atomic E-state index is 14.1. The normalized spacial score (nSPS) is 12.2. The van der Waals surface area contributed by atoms with Gasteiger partial charge in [-0.3, -0.25) is 13.9 Å². The maximum atomic E-state index is 14.1. The fourth-order valence-electron chi connectivity index (χ4n) is 4.08. The molecule has 12 heteroatoms. The number of amides is 2. The molecule has 0 heterocycles. The summed E-state index contributed by atoms with van der Waals surface area (Å²) in [6.07, 6.45) is 0.228. The second-order valence-corrected chi connectivity index (χ2v) is 12.8. The van der Waals surface area contributed by atoms with Crippen molar-refractivity contribution in [1.82, 2.24) is 10.2 Å². The molecule has 0 aliphatic heterocycles. The van der Waals surface area contributed by atoms with E-state index in [-0.39, 0.29) is 44.5 Å². The quantitative estimate of drug-likeness (QED) is 0.243. The van der Waals surface area contributed by atoms with Gasteiger partial charge in [0, 0.05) is 28.7 Å². The summed E-state index contributed by atoms with van der Waals surface area (Å²) in [5.74, 6) is -1.69. The third kappa shape index (κ3) is 8.13. The summed E-state index contributed by atoms with van der Waals surface area (Å²) >= 11 is 18.8. The van der Waals surface area contributed by atoms with Gasteiger partial charge in [0.05, 0.1) is 15.6 Å². The van der Waals surface area contributed by atoms with Crippen molar-refractivity contribution >= 4 is 62.3 Å². The standard InChI is InChI=1S/C29H31Cl3FN3O4S/c1-4-27(29(38)34-16-19(2)3)35(17-22-23(30)11-8-12-24(22)31)28(37)18-36(20-13-14-26(33)25(32)15-20)41(39,40)21-9-6-5-7-10-21/h5-15,19,27H,4,16-18H2,1-3H3,(H,34,38). The van der Waals surface area contributed by atoms with E-state index in [9.17, 15) is 22.4 Å². The molecule has 7 nitrogen and oxygen atoms in total. The Kier molecular flexibility index (Phi) is 11.4. The molecule has 3 aromatic rings. The van der Waals surface area contributed by atoms with Crippen LogP contribution in [0.15, 0.2) is 71.6 Å². The van der Waals surface area contributed by atoms with Crippen LogP contribution in [-0.4, -0.2) is 44.3 Å². The Hall–Kier alpha value is -2.85. The van der Waals surface area contributed by atoms with E-state index in [2.05, 4.69) is 5.32 Å². The zero-order chi connectivity index (χ0) is 30.3. The van der Waals surface area contributed by atoms with E-state index >= 15 is 0 Å². The molecule has 3 rings (SSSR count). The number of benzene rings is 3. The van der Waals surface area contributed by atoms with Crippen molar-refractivity contribution in [2.75, 3.05) is 17.4 Å². The zero-order valence-electron chi connectivity index (χ0n) is 22.8. The summed E-state index contributed by atoms with van der Waals surface area (Å²) in [7, 11) is -4.32. The molecule has 220 valence electrons. The van der Waals surface area contributed by atoms with Gasteiger partial charge in [-0.05, 0) is 54.8 Å². The first kappa shape index (κ1) is 32.7. The molecule has 3 aromatic carbocycles. The number of halogens is 4. The number of hydrogen-bond donors (Lipinski definition) is 1. The fraction of sp³-hybridized carbons (Fsp3) is 0.310. The summed E-state index contributed by atoms with van der Waals surface area (Å²) in [6, 6.07) is 14.8. The third-order valence-electron chi connectivity index (χ3n) is 6.26. The Balaban J connectivity index is 2.10. The molecule has 1 N–H and O–H groups in total. The van der Waals surface area contributed by atoms with Crippen LogP contribution in [0, 0.1) is 11.7 Å². The largest absolute Gasteiger partial charge is 0.354 e. The minimum atomic E-state index is -4.32. The molecule has 1 atom stereocenters. The van der Waals surface area contributed by atoms with E-state index in [1.165, 1.54) is 23.1 Å². The average molecular weight is 643 g/mol. The number of nitrogens with zero attached hydrogens (tertiary/aromatic N) is 2. The van der Waals surface area contributed by atoms with Gasteiger partial charge in [-0.15, -0.1) is 0 Å². The van der Waals surface area contributed by atoms with Gasteiger partial charge in [-0.25, -0.2) is 12.8 Å². The van der Waals surface area contributed by atoms with E-state index in [0.717, 1.165) is 16.4 Å². The third-order valence-corrected chi connectivity index (χ3v) is 9.05. The predicted octanol–water partition coefficient (Wildman–Crippen LogP) is 6.56. The highest BCUT2D eigenvalue weighted by atomic mass is 35.5. The van der Waals surface area contributed by atoms with E-state index in [1.807, 2.05) is 13.8 Å². The lowest BCUT2D eigenvalue weighted by molar-refractivity contribution is -0.140. The first-order chi connectivity index (χ1) is 19.4. The fourth-order valence-corrected chi connectivity index (χ4v) is 6.20. The minimum Gasteiger partial charge on any atom is -0.354 e. The van der Waals surface area contributed by atoms with Gasteiger partial charge < -0.3 is 10.2 Å². The van der Waals surface area contributed by atoms with Crippen molar-refractivity contribution in [3.63, 3.8) is 0 Å². The van der Waals surface area contributed by atoms with Crippen molar-refractivity contribution in [2.24, 2.45) is 5.92 Å². The summed E-state index contributed by atoms with van der Waals surface area (Å²) in [5, 5.41) is 3.10. The van der Waals surface area contributed by atoms with Crippen molar-refractivity contribution < 1.29 is 22.4 Å². The van der Waals surface area contributed by atoms with Crippen LogP contribution >= 0.6 is 34.8 Å². The van der Waals surface area contributed by atoms with Gasteiger partial charge in [-0.2, -0.15) is 0 Å². The monoisotopic (exact) mass is 641 g/mol. The predicted molar refractivity (Wildman–Crippen MR) is 161 cm³/mol. The van der Waals surface area contributed by atoms with Gasteiger partial charge in [0.1, 0.15) is 18.4 Å². The van der Waals surface area contributed by atoms with Crippen LogP contribution in [0.5, 0.6) is 0 Å². The first-order valence-corrected chi connectivity index (χ1v) is 15.5. The van der Waals surface area contributed by atoms with Crippen molar-refractivity contribution in [3.05, 3.63) is 93.2 Å². The molecule has 0 saturated heterocycles. The SMILES string of the molecule is CCC(C(=O)NCC(C)C)N(Cc1c(Cl)cccc1Cl)C(=O)CN(c1ccc(F)c(Cl)c1)S(=O)(=O)c1ccccc1. The topological polar surface area (TPSA) is 86.8 Å². The van der Waals surface area contributed by atoms with E-state index in [4.69, 9.17) is 34.8 Å². The zero-order valence-corrected chi connectivity index (χ0v) is 25.9. The Morgan fingerprint density at radius 2 is 1.56 bits per heavy atom. The Morgan fingerprint density at radius 1 is 0.927 bits per heavy atom. The first-order valence-electron chi connectivity index (χ1n) is 12.9. The molecule has 0 bridgehead atoms. The van der Waals surface area contributed by atoms with Crippen molar-refractivity contribution in [2.45, 2.75) is 44.7 Å². The van der Waals surface area contributed by atoms with Crippen LogP contribution < -0.4 is 9.62 Å². The van der Waals surface area contributed by atoms with Gasteiger partial charge in [0.15, 0.2) is 0 Å². The number of carbonyl (C=O) groups is 2. The molecular formula is C29H31Cl3FN3O4S. The second-order valence-electron chi connectivity index (χ2n) is 9.71. The summed E-state index contributed by atoms with van der Waals surface area (Å²) in [4.78, 5) is 28.5. The smallest absolute Gasteiger partial charge is 0.264 e. The highest BCUT2D eigenvalue weighted by Crippen LogP contribution is 2.30. The van der Waals surface area contributed by atoms with E-state index < -0.39 is 40.2 Å². The van der Waals surface area contributed by atoms with Crippen LogP contribution in [-0.2, 0) is 26.2 Å². The van der Waals surface area contributed by atoms with Gasteiger partial charge >= 0.3 is 0 Å².